The van der Waals surface area contributed by atoms with Gasteiger partial charge in [-0.15, -0.1) is 0 Å². The Kier molecular flexibility index (Phi) is 1.79. The second-order valence-electron chi connectivity index (χ2n) is 5.67. The standard InChI is InChI=1S/C12H22/c1-4-11(2,3)12-7-5-10(9-12)6-8-12/h10H,4-9H2,1-3H3. The minimum Gasteiger partial charge on any atom is -0.0649 e. The van der Waals surface area contributed by atoms with Crippen LogP contribution in [0.5, 0.6) is 0 Å². The highest BCUT2D eigenvalue weighted by Crippen LogP contribution is 2.63. The lowest BCUT2D eigenvalue weighted by Crippen LogP contribution is -2.33. The van der Waals surface area contributed by atoms with E-state index in [0.717, 1.165) is 11.3 Å². The van der Waals surface area contributed by atoms with Gasteiger partial charge >= 0.3 is 0 Å². The predicted molar refractivity (Wildman–Crippen MR) is 53.1 cm³/mol. The summed E-state index contributed by atoms with van der Waals surface area (Å²) in [6.07, 6.45) is 9.03. The molecule has 2 fully saturated rings. The Morgan fingerprint density at radius 2 is 1.83 bits per heavy atom. The summed E-state index contributed by atoms with van der Waals surface area (Å²) in [5, 5.41) is 0. The molecule has 2 aliphatic rings. The van der Waals surface area contributed by atoms with Crippen LogP contribution in [0.25, 0.3) is 0 Å². The van der Waals surface area contributed by atoms with Crippen LogP contribution in [-0.4, -0.2) is 0 Å². The summed E-state index contributed by atoms with van der Waals surface area (Å²) in [5.74, 6) is 1.11. The molecule has 0 nitrogen and oxygen atoms in total. The third-order valence-electron chi connectivity index (χ3n) is 5.06. The van der Waals surface area contributed by atoms with Crippen LogP contribution in [-0.2, 0) is 0 Å². The van der Waals surface area contributed by atoms with E-state index < -0.39 is 0 Å². The first-order valence-electron chi connectivity index (χ1n) is 5.60. The molecule has 2 rings (SSSR count). The van der Waals surface area contributed by atoms with Crippen LogP contribution in [0.15, 0.2) is 0 Å². The fraction of sp³-hybridized carbons (Fsp3) is 1.00. The number of fused-ring (bicyclic) bond motifs is 2. The molecule has 0 amide bonds. The highest BCUT2D eigenvalue weighted by atomic mass is 14.6. The molecule has 0 heteroatoms. The lowest BCUT2D eigenvalue weighted by atomic mass is 9.62. The largest absolute Gasteiger partial charge is 0.0649 e. The molecule has 2 aliphatic carbocycles. The molecular formula is C12H22. The maximum atomic E-state index is 2.49. The molecule has 0 spiro atoms. The van der Waals surface area contributed by atoms with E-state index >= 15 is 0 Å². The van der Waals surface area contributed by atoms with E-state index in [-0.39, 0.29) is 0 Å². The molecule has 0 aromatic carbocycles. The van der Waals surface area contributed by atoms with Crippen molar-refractivity contribution < 1.29 is 0 Å². The van der Waals surface area contributed by atoms with Crippen LogP contribution in [0.3, 0.4) is 0 Å². The lowest BCUT2D eigenvalue weighted by Gasteiger charge is -2.43. The average molecular weight is 166 g/mol. The van der Waals surface area contributed by atoms with Gasteiger partial charge in [-0.05, 0) is 48.9 Å². The van der Waals surface area contributed by atoms with Gasteiger partial charge in [0, 0.05) is 0 Å². The second kappa shape index (κ2) is 2.49. The Balaban J connectivity index is 2.21. The van der Waals surface area contributed by atoms with Crippen LogP contribution < -0.4 is 0 Å². The average Bonchev–Trinajstić information content (AvgIpc) is 2.64. The third-order valence-corrected chi connectivity index (χ3v) is 5.06. The molecule has 0 aliphatic heterocycles. The van der Waals surface area contributed by atoms with Crippen molar-refractivity contribution in [3.05, 3.63) is 0 Å². The summed E-state index contributed by atoms with van der Waals surface area (Å²) in [4.78, 5) is 0. The van der Waals surface area contributed by atoms with Gasteiger partial charge in [-0.1, -0.05) is 27.2 Å². The number of hydrogen-bond donors (Lipinski definition) is 0. The van der Waals surface area contributed by atoms with Crippen molar-refractivity contribution >= 4 is 0 Å². The Morgan fingerprint density at radius 1 is 1.25 bits per heavy atom. The van der Waals surface area contributed by atoms with Gasteiger partial charge < -0.3 is 0 Å². The molecule has 2 saturated carbocycles. The molecule has 0 atom stereocenters. The Bertz CT molecular complexity index is 170. The van der Waals surface area contributed by atoms with E-state index in [4.69, 9.17) is 0 Å². The molecule has 0 saturated heterocycles. The summed E-state index contributed by atoms with van der Waals surface area (Å²) < 4.78 is 0. The van der Waals surface area contributed by atoms with Crippen LogP contribution >= 0.6 is 0 Å². The zero-order valence-electron chi connectivity index (χ0n) is 8.82. The van der Waals surface area contributed by atoms with Crippen molar-refractivity contribution in [2.24, 2.45) is 16.7 Å². The van der Waals surface area contributed by atoms with Crippen LogP contribution in [0.4, 0.5) is 0 Å². The maximum absolute atomic E-state index is 2.49. The van der Waals surface area contributed by atoms with Crippen molar-refractivity contribution in [1.82, 2.24) is 0 Å². The molecule has 0 N–H and O–H groups in total. The fourth-order valence-electron chi connectivity index (χ4n) is 3.52. The number of hydrogen-bond acceptors (Lipinski definition) is 0. The molecule has 0 aromatic heterocycles. The molecule has 0 heterocycles. The smallest absolute Gasteiger partial charge is 0.0243 e. The topological polar surface area (TPSA) is 0 Å². The van der Waals surface area contributed by atoms with Gasteiger partial charge in [-0.25, -0.2) is 0 Å². The minimum absolute atomic E-state index is 0.609. The van der Waals surface area contributed by atoms with Gasteiger partial charge in [-0.3, -0.25) is 0 Å². The van der Waals surface area contributed by atoms with Crippen molar-refractivity contribution in [2.45, 2.75) is 59.3 Å². The zero-order chi connectivity index (χ0) is 8.82. The highest BCUT2D eigenvalue weighted by molar-refractivity contribution is 5.02. The Hall–Kier alpha value is 0. The Labute approximate surface area is 76.7 Å². The van der Waals surface area contributed by atoms with Gasteiger partial charge in [0.15, 0.2) is 0 Å². The quantitative estimate of drug-likeness (QED) is 0.581. The van der Waals surface area contributed by atoms with E-state index in [1.54, 1.807) is 6.42 Å². The SMILES string of the molecule is CCC(C)(C)C12CCC(CC1)C2. The Morgan fingerprint density at radius 3 is 2.17 bits per heavy atom. The predicted octanol–water partition coefficient (Wildman–Crippen LogP) is 4.00. The molecule has 0 unspecified atom stereocenters. The monoisotopic (exact) mass is 166 g/mol. The summed E-state index contributed by atoms with van der Waals surface area (Å²) in [6, 6.07) is 0. The van der Waals surface area contributed by atoms with Gasteiger partial charge in [0.2, 0.25) is 0 Å². The van der Waals surface area contributed by atoms with Gasteiger partial charge in [-0.2, -0.15) is 0 Å². The highest BCUT2D eigenvalue weighted by Gasteiger charge is 2.52. The van der Waals surface area contributed by atoms with E-state index in [2.05, 4.69) is 20.8 Å². The number of rotatable bonds is 2. The molecule has 12 heavy (non-hydrogen) atoms. The van der Waals surface area contributed by atoms with Crippen molar-refractivity contribution in [2.75, 3.05) is 0 Å². The maximum Gasteiger partial charge on any atom is -0.0243 e. The first-order chi connectivity index (χ1) is 5.60. The molecule has 0 aromatic rings. The first-order valence-corrected chi connectivity index (χ1v) is 5.60. The van der Waals surface area contributed by atoms with Gasteiger partial charge in [0.05, 0.1) is 0 Å². The van der Waals surface area contributed by atoms with Crippen LogP contribution in [0, 0.1) is 16.7 Å². The van der Waals surface area contributed by atoms with Crippen LogP contribution in [0.2, 0.25) is 0 Å². The molecule has 0 radical (unpaired) electrons. The van der Waals surface area contributed by atoms with E-state index in [1.165, 1.54) is 32.1 Å². The van der Waals surface area contributed by atoms with Gasteiger partial charge in [0.25, 0.3) is 0 Å². The normalized spacial score (nSPS) is 40.8. The summed E-state index contributed by atoms with van der Waals surface area (Å²) in [6.45, 7) is 7.34. The third kappa shape index (κ3) is 0.963. The molecular weight excluding hydrogens is 144 g/mol. The molecule has 2 bridgehead atoms. The fourth-order valence-corrected chi connectivity index (χ4v) is 3.52. The van der Waals surface area contributed by atoms with E-state index in [1.807, 2.05) is 0 Å². The lowest BCUT2D eigenvalue weighted by molar-refractivity contribution is 0.0736. The van der Waals surface area contributed by atoms with Crippen molar-refractivity contribution in [1.29, 1.82) is 0 Å². The van der Waals surface area contributed by atoms with E-state index in [9.17, 15) is 0 Å². The zero-order valence-corrected chi connectivity index (χ0v) is 8.82. The van der Waals surface area contributed by atoms with Crippen molar-refractivity contribution in [3.63, 3.8) is 0 Å². The minimum atomic E-state index is 0.609. The summed E-state index contributed by atoms with van der Waals surface area (Å²) >= 11 is 0. The summed E-state index contributed by atoms with van der Waals surface area (Å²) in [5.41, 5.74) is 1.37. The van der Waals surface area contributed by atoms with Crippen molar-refractivity contribution in [3.8, 4) is 0 Å². The van der Waals surface area contributed by atoms with Gasteiger partial charge in [0.1, 0.15) is 0 Å². The second-order valence-corrected chi connectivity index (χ2v) is 5.67. The first kappa shape index (κ1) is 8.59. The van der Waals surface area contributed by atoms with E-state index in [0.29, 0.717) is 5.41 Å². The van der Waals surface area contributed by atoms with Crippen LogP contribution in [0.1, 0.15) is 59.3 Å². The molecule has 70 valence electrons. The summed E-state index contributed by atoms with van der Waals surface area (Å²) in [7, 11) is 0.